The first-order valence-electron chi connectivity index (χ1n) is 9.23. The molecule has 2 heterocycles. The molecule has 1 aromatic heterocycles. The number of hydrogen-bond donors (Lipinski definition) is 0. The van der Waals surface area contributed by atoms with Crippen molar-refractivity contribution in [3.05, 3.63) is 62.9 Å². The van der Waals surface area contributed by atoms with Gasteiger partial charge in [-0.05, 0) is 31.4 Å². The van der Waals surface area contributed by atoms with Gasteiger partial charge in [-0.25, -0.2) is 13.2 Å². The summed E-state index contributed by atoms with van der Waals surface area (Å²) in [7, 11) is -1.02. The highest BCUT2D eigenvalue weighted by Gasteiger charge is 2.38. The van der Waals surface area contributed by atoms with Gasteiger partial charge in [-0.2, -0.15) is 4.31 Å². The summed E-state index contributed by atoms with van der Waals surface area (Å²) < 4.78 is 34.6. The van der Waals surface area contributed by atoms with Crippen LogP contribution in [0.1, 0.15) is 25.0 Å². The Labute approximate surface area is 168 Å². The highest BCUT2D eigenvalue weighted by atomic mass is 32.2. The van der Waals surface area contributed by atoms with E-state index in [4.69, 9.17) is 4.74 Å². The van der Waals surface area contributed by atoms with E-state index in [0.29, 0.717) is 19.3 Å². The Morgan fingerprint density at radius 2 is 1.79 bits per heavy atom. The minimum atomic E-state index is -3.84. The van der Waals surface area contributed by atoms with E-state index in [0.717, 1.165) is 4.57 Å². The Bertz CT molecular complexity index is 1120. The fourth-order valence-corrected chi connectivity index (χ4v) is 4.98. The predicted molar refractivity (Wildman–Crippen MR) is 105 cm³/mol. The number of hydrogen-bond acceptors (Lipinski definition) is 6. The molecule has 1 aliphatic rings. The third kappa shape index (κ3) is 4.18. The summed E-state index contributed by atoms with van der Waals surface area (Å²) in [5, 5.41) is 0. The van der Waals surface area contributed by atoms with E-state index in [2.05, 4.69) is 0 Å². The Balaban J connectivity index is 1.81. The summed E-state index contributed by atoms with van der Waals surface area (Å²) in [4.78, 5) is 36.6. The molecule has 1 saturated heterocycles. The summed E-state index contributed by atoms with van der Waals surface area (Å²) in [6.07, 6.45) is 1.70. The minimum Gasteiger partial charge on any atom is -0.458 e. The van der Waals surface area contributed by atoms with Crippen LogP contribution in [-0.4, -0.2) is 40.4 Å². The second-order valence-electron chi connectivity index (χ2n) is 6.92. The van der Waals surface area contributed by atoms with Crippen LogP contribution in [0.15, 0.2) is 50.9 Å². The van der Waals surface area contributed by atoms with Crippen molar-refractivity contribution < 1.29 is 17.9 Å². The standard InChI is InChI=1S/C19H23N3O6S/c1-20-14(12-17(23)21(2)19(20)25)13-28-18(24)16-10-6-7-11-22(16)29(26,27)15-8-4-3-5-9-15/h3-5,8-9,12,16H,6-7,10-11,13H2,1-2H3. The summed E-state index contributed by atoms with van der Waals surface area (Å²) in [6.45, 7) is -0.0717. The highest BCUT2D eigenvalue weighted by Crippen LogP contribution is 2.26. The lowest BCUT2D eigenvalue weighted by molar-refractivity contribution is -0.150. The average Bonchev–Trinajstić information content (AvgIpc) is 2.74. The molecule has 0 radical (unpaired) electrons. The SMILES string of the molecule is Cn1c(COC(=O)C2CCCCN2S(=O)(=O)c2ccccc2)cc(=O)n(C)c1=O. The van der Waals surface area contributed by atoms with Gasteiger partial charge in [0.2, 0.25) is 10.0 Å². The van der Waals surface area contributed by atoms with Crippen LogP contribution in [-0.2, 0) is 40.3 Å². The zero-order valence-electron chi connectivity index (χ0n) is 16.3. The molecular formula is C19H23N3O6S. The van der Waals surface area contributed by atoms with Crippen molar-refractivity contribution in [3.63, 3.8) is 0 Å². The van der Waals surface area contributed by atoms with Crippen LogP contribution in [0, 0.1) is 0 Å². The number of carbonyl (C=O) groups excluding carboxylic acids is 1. The van der Waals surface area contributed by atoms with Gasteiger partial charge in [0.15, 0.2) is 0 Å². The van der Waals surface area contributed by atoms with Crippen molar-refractivity contribution in [3.8, 4) is 0 Å². The molecule has 2 aromatic rings. The van der Waals surface area contributed by atoms with Gasteiger partial charge in [0.25, 0.3) is 5.56 Å². The summed E-state index contributed by atoms with van der Waals surface area (Å²) >= 11 is 0. The largest absolute Gasteiger partial charge is 0.458 e. The number of carbonyl (C=O) groups is 1. The van der Waals surface area contributed by atoms with E-state index in [9.17, 15) is 22.8 Å². The molecule has 0 bridgehead atoms. The number of rotatable bonds is 5. The van der Waals surface area contributed by atoms with E-state index in [-0.39, 0.29) is 23.7 Å². The van der Waals surface area contributed by atoms with E-state index < -0.39 is 33.3 Å². The normalized spacial score (nSPS) is 17.8. The molecule has 10 heteroatoms. The second kappa shape index (κ2) is 8.34. The smallest absolute Gasteiger partial charge is 0.330 e. The molecule has 1 unspecified atom stereocenters. The van der Waals surface area contributed by atoms with Gasteiger partial charge >= 0.3 is 11.7 Å². The van der Waals surface area contributed by atoms with Crippen LogP contribution in [0.2, 0.25) is 0 Å². The van der Waals surface area contributed by atoms with Crippen LogP contribution in [0.3, 0.4) is 0 Å². The van der Waals surface area contributed by atoms with Crippen LogP contribution in [0.4, 0.5) is 0 Å². The molecule has 0 saturated carbocycles. The zero-order chi connectivity index (χ0) is 21.2. The molecule has 0 N–H and O–H groups in total. The van der Waals surface area contributed by atoms with Crippen molar-refractivity contribution >= 4 is 16.0 Å². The molecule has 1 fully saturated rings. The molecule has 0 spiro atoms. The first-order chi connectivity index (χ1) is 13.7. The van der Waals surface area contributed by atoms with Crippen LogP contribution >= 0.6 is 0 Å². The van der Waals surface area contributed by atoms with E-state index in [1.165, 1.54) is 41.2 Å². The van der Waals surface area contributed by atoms with E-state index in [1.54, 1.807) is 18.2 Å². The molecule has 1 atom stereocenters. The lowest BCUT2D eigenvalue weighted by Gasteiger charge is -2.33. The average molecular weight is 421 g/mol. The van der Waals surface area contributed by atoms with Gasteiger partial charge in [-0.15, -0.1) is 0 Å². The molecule has 1 aromatic carbocycles. The lowest BCUT2D eigenvalue weighted by atomic mass is 10.1. The van der Waals surface area contributed by atoms with Crippen molar-refractivity contribution in [2.24, 2.45) is 14.1 Å². The molecule has 29 heavy (non-hydrogen) atoms. The van der Waals surface area contributed by atoms with Crippen molar-refractivity contribution in [2.45, 2.75) is 36.8 Å². The van der Waals surface area contributed by atoms with Crippen LogP contribution < -0.4 is 11.2 Å². The molecule has 3 rings (SSSR count). The monoisotopic (exact) mass is 421 g/mol. The van der Waals surface area contributed by atoms with Crippen molar-refractivity contribution in [1.82, 2.24) is 13.4 Å². The molecular weight excluding hydrogens is 398 g/mol. The maximum absolute atomic E-state index is 13.0. The fraction of sp³-hybridized carbons (Fsp3) is 0.421. The highest BCUT2D eigenvalue weighted by molar-refractivity contribution is 7.89. The first kappa shape index (κ1) is 21.0. The minimum absolute atomic E-state index is 0.119. The Morgan fingerprint density at radius 3 is 2.48 bits per heavy atom. The Morgan fingerprint density at radius 1 is 1.10 bits per heavy atom. The number of benzene rings is 1. The number of piperidine rings is 1. The third-order valence-corrected chi connectivity index (χ3v) is 6.99. The lowest BCUT2D eigenvalue weighted by Crippen LogP contribution is -2.48. The number of esters is 1. The van der Waals surface area contributed by atoms with Gasteiger partial charge in [0.1, 0.15) is 12.6 Å². The zero-order valence-corrected chi connectivity index (χ0v) is 17.1. The Kier molecular flexibility index (Phi) is 6.04. The summed E-state index contributed by atoms with van der Waals surface area (Å²) in [5.41, 5.74) is -0.806. The van der Waals surface area contributed by atoms with Gasteiger partial charge in [-0.3, -0.25) is 18.7 Å². The predicted octanol–water partition coefficient (Wildman–Crippen LogP) is 0.371. The van der Waals surface area contributed by atoms with Crippen LogP contribution in [0.25, 0.3) is 0 Å². The summed E-state index contributed by atoms with van der Waals surface area (Å²) in [6, 6.07) is 8.21. The topological polar surface area (TPSA) is 108 Å². The molecule has 0 amide bonds. The number of ether oxygens (including phenoxy) is 1. The quantitative estimate of drug-likeness (QED) is 0.646. The van der Waals surface area contributed by atoms with Gasteiger partial charge in [0.05, 0.1) is 10.6 Å². The maximum Gasteiger partial charge on any atom is 0.330 e. The van der Waals surface area contributed by atoms with Gasteiger partial charge in [-0.1, -0.05) is 18.2 Å². The number of nitrogens with zero attached hydrogens (tertiary/aromatic N) is 3. The van der Waals surface area contributed by atoms with Crippen LogP contribution in [0.5, 0.6) is 0 Å². The van der Waals surface area contributed by atoms with Gasteiger partial charge < -0.3 is 4.74 Å². The van der Waals surface area contributed by atoms with Gasteiger partial charge in [0, 0.05) is 26.7 Å². The molecule has 156 valence electrons. The first-order valence-corrected chi connectivity index (χ1v) is 10.7. The fourth-order valence-electron chi connectivity index (χ4n) is 3.31. The second-order valence-corrected chi connectivity index (χ2v) is 8.81. The van der Waals surface area contributed by atoms with Crippen molar-refractivity contribution in [2.75, 3.05) is 6.54 Å². The number of sulfonamides is 1. The maximum atomic E-state index is 13.0. The Hall–Kier alpha value is -2.72. The third-order valence-electron chi connectivity index (χ3n) is 5.06. The summed E-state index contributed by atoms with van der Waals surface area (Å²) in [5.74, 6) is -0.697. The molecule has 0 aliphatic carbocycles. The number of aromatic nitrogens is 2. The van der Waals surface area contributed by atoms with E-state index >= 15 is 0 Å². The van der Waals surface area contributed by atoms with Crippen molar-refractivity contribution in [1.29, 1.82) is 0 Å². The molecule has 1 aliphatic heterocycles. The van der Waals surface area contributed by atoms with E-state index in [1.807, 2.05) is 0 Å². The molecule has 9 nitrogen and oxygen atoms in total.